The Morgan fingerprint density at radius 3 is 2.45 bits per heavy atom. The van der Waals surface area contributed by atoms with Crippen LogP contribution in [0.4, 0.5) is 0 Å². The van der Waals surface area contributed by atoms with Crippen molar-refractivity contribution in [2.75, 3.05) is 26.2 Å². The molecular weight excluding hydrogens is 382 g/mol. The van der Waals surface area contributed by atoms with Gasteiger partial charge < -0.3 is 5.32 Å². The van der Waals surface area contributed by atoms with Gasteiger partial charge in [0.25, 0.3) is 0 Å². The maximum atomic E-state index is 6.42. The second-order valence-electron chi connectivity index (χ2n) is 5.23. The summed E-state index contributed by atoms with van der Waals surface area (Å²) in [6.45, 7) is 4.44. The van der Waals surface area contributed by atoms with Crippen LogP contribution in [0, 0.1) is 5.92 Å². The van der Waals surface area contributed by atoms with Crippen molar-refractivity contribution in [3.8, 4) is 0 Å². The van der Waals surface area contributed by atoms with Crippen LogP contribution in [0.5, 0.6) is 0 Å². The van der Waals surface area contributed by atoms with Gasteiger partial charge in [-0.3, -0.25) is 4.90 Å². The Bertz CT molecular complexity index is 434. The second-order valence-corrected chi connectivity index (χ2v) is 6.56. The van der Waals surface area contributed by atoms with Gasteiger partial charge >= 0.3 is 0 Å². The molecule has 1 aromatic rings. The van der Waals surface area contributed by atoms with E-state index >= 15 is 0 Å². The Balaban J connectivity index is 0.000001000. The van der Waals surface area contributed by atoms with Gasteiger partial charge in [0.05, 0.1) is 0 Å². The average molecular weight is 403 g/mol. The van der Waals surface area contributed by atoms with Crippen molar-refractivity contribution < 1.29 is 0 Å². The van der Waals surface area contributed by atoms with Crippen LogP contribution in [0.25, 0.3) is 0 Å². The summed E-state index contributed by atoms with van der Waals surface area (Å²) in [5.41, 5.74) is 1.30. The minimum absolute atomic E-state index is 0. The Kier molecular flexibility index (Phi) is 7.61. The van der Waals surface area contributed by atoms with E-state index in [4.69, 9.17) is 11.6 Å². The molecule has 1 atom stereocenters. The van der Waals surface area contributed by atoms with Crippen LogP contribution in [0.1, 0.15) is 24.4 Å². The SMILES string of the molecule is Cl.Cl.Clc1ccc(Br)cc1[C@H](C1CC1)N1CCNCC1. The molecule has 1 saturated carbocycles. The lowest BCUT2D eigenvalue weighted by Gasteiger charge is -2.36. The number of benzene rings is 1. The van der Waals surface area contributed by atoms with Crippen molar-refractivity contribution in [3.63, 3.8) is 0 Å². The first-order chi connectivity index (χ1) is 8.75. The van der Waals surface area contributed by atoms with Crippen molar-refractivity contribution in [1.82, 2.24) is 10.2 Å². The van der Waals surface area contributed by atoms with Crippen molar-refractivity contribution >= 4 is 52.3 Å². The first kappa shape index (κ1) is 18.5. The molecule has 1 saturated heterocycles. The summed E-state index contributed by atoms with van der Waals surface area (Å²) < 4.78 is 1.13. The molecule has 1 aliphatic carbocycles. The summed E-state index contributed by atoms with van der Waals surface area (Å²) >= 11 is 9.99. The highest BCUT2D eigenvalue weighted by Gasteiger charge is 2.37. The van der Waals surface area contributed by atoms with Gasteiger partial charge in [0.1, 0.15) is 0 Å². The number of nitrogens with one attached hydrogen (secondary N) is 1. The summed E-state index contributed by atoms with van der Waals surface area (Å²) in [5.74, 6) is 0.801. The third kappa shape index (κ3) is 4.25. The molecule has 1 aliphatic heterocycles. The van der Waals surface area contributed by atoms with Gasteiger partial charge in [-0.25, -0.2) is 0 Å². The van der Waals surface area contributed by atoms with Crippen LogP contribution in [0.2, 0.25) is 5.02 Å². The zero-order valence-corrected chi connectivity index (χ0v) is 15.1. The van der Waals surface area contributed by atoms with Gasteiger partial charge in [-0.15, -0.1) is 24.8 Å². The predicted molar refractivity (Wildman–Crippen MR) is 93.6 cm³/mol. The van der Waals surface area contributed by atoms with Crippen LogP contribution in [-0.4, -0.2) is 31.1 Å². The van der Waals surface area contributed by atoms with E-state index < -0.39 is 0 Å². The molecule has 0 aromatic heterocycles. The summed E-state index contributed by atoms with van der Waals surface area (Å²) in [6.07, 6.45) is 2.69. The molecule has 0 radical (unpaired) electrons. The van der Waals surface area contributed by atoms with Crippen LogP contribution in [0.3, 0.4) is 0 Å². The molecule has 0 spiro atoms. The standard InChI is InChI=1S/C14H18BrClN2.2ClH/c15-11-3-4-13(16)12(9-11)14(10-1-2-10)18-7-5-17-6-8-18;;/h3-4,9-10,14,17H,1-2,5-8H2;2*1H/t14-;;/m0../s1. The minimum Gasteiger partial charge on any atom is -0.314 e. The van der Waals surface area contributed by atoms with Crippen LogP contribution in [-0.2, 0) is 0 Å². The number of hydrogen-bond acceptors (Lipinski definition) is 2. The monoisotopic (exact) mass is 400 g/mol. The molecule has 114 valence electrons. The molecule has 1 N–H and O–H groups in total. The summed E-state index contributed by atoms with van der Waals surface area (Å²) in [4.78, 5) is 2.60. The van der Waals surface area contributed by atoms with E-state index in [2.05, 4.69) is 32.2 Å². The zero-order valence-electron chi connectivity index (χ0n) is 11.1. The number of piperazine rings is 1. The smallest absolute Gasteiger partial charge is 0.0454 e. The molecule has 6 heteroatoms. The topological polar surface area (TPSA) is 15.3 Å². The van der Waals surface area contributed by atoms with Crippen molar-refractivity contribution in [3.05, 3.63) is 33.3 Å². The largest absolute Gasteiger partial charge is 0.314 e. The zero-order chi connectivity index (χ0) is 12.5. The van der Waals surface area contributed by atoms with Crippen molar-refractivity contribution in [1.29, 1.82) is 0 Å². The lowest BCUT2D eigenvalue weighted by atomic mass is 10.00. The van der Waals surface area contributed by atoms with Crippen LogP contribution >= 0.6 is 52.3 Å². The first-order valence-corrected chi connectivity index (χ1v) is 7.82. The van der Waals surface area contributed by atoms with E-state index in [0.29, 0.717) is 6.04 Å². The molecule has 2 aliphatic rings. The molecule has 20 heavy (non-hydrogen) atoms. The number of rotatable bonds is 3. The summed E-state index contributed by atoms with van der Waals surface area (Å²) in [6, 6.07) is 6.75. The number of hydrogen-bond donors (Lipinski definition) is 1. The molecule has 1 aromatic carbocycles. The van der Waals surface area contributed by atoms with Crippen LogP contribution in [0.15, 0.2) is 22.7 Å². The molecule has 2 fully saturated rings. The molecule has 0 unspecified atom stereocenters. The lowest BCUT2D eigenvalue weighted by Crippen LogP contribution is -2.45. The highest BCUT2D eigenvalue weighted by atomic mass is 79.9. The van der Waals surface area contributed by atoms with Crippen molar-refractivity contribution in [2.45, 2.75) is 18.9 Å². The van der Waals surface area contributed by atoms with Gasteiger partial charge in [0.15, 0.2) is 0 Å². The third-order valence-electron chi connectivity index (χ3n) is 3.89. The maximum absolute atomic E-state index is 6.42. The Labute approximate surface area is 146 Å². The van der Waals surface area contributed by atoms with Gasteiger partial charge in [-0.2, -0.15) is 0 Å². The van der Waals surface area contributed by atoms with E-state index in [1.165, 1.54) is 18.4 Å². The normalized spacial score (nSPS) is 20.7. The maximum Gasteiger partial charge on any atom is 0.0454 e. The Morgan fingerprint density at radius 2 is 1.85 bits per heavy atom. The molecule has 1 heterocycles. The number of halogens is 4. The Hall–Kier alpha value is 0.490. The molecule has 2 nitrogen and oxygen atoms in total. The van der Waals surface area contributed by atoms with E-state index in [1.54, 1.807) is 0 Å². The third-order valence-corrected chi connectivity index (χ3v) is 4.73. The van der Waals surface area contributed by atoms with E-state index in [9.17, 15) is 0 Å². The van der Waals surface area contributed by atoms with Crippen LogP contribution < -0.4 is 5.32 Å². The predicted octanol–water partition coefficient (Wildman–Crippen LogP) is 4.30. The highest BCUT2D eigenvalue weighted by Crippen LogP contribution is 2.46. The highest BCUT2D eigenvalue weighted by molar-refractivity contribution is 9.10. The van der Waals surface area contributed by atoms with Crippen molar-refractivity contribution in [2.24, 2.45) is 5.92 Å². The average Bonchev–Trinajstić information content (AvgIpc) is 3.20. The quantitative estimate of drug-likeness (QED) is 0.811. The Morgan fingerprint density at radius 1 is 1.20 bits per heavy atom. The molecular formula is C14H20BrCl3N2. The number of nitrogens with zero attached hydrogens (tertiary/aromatic N) is 1. The first-order valence-electron chi connectivity index (χ1n) is 6.65. The van der Waals surface area contributed by atoms with E-state index in [1.807, 2.05) is 12.1 Å². The fourth-order valence-corrected chi connectivity index (χ4v) is 3.47. The van der Waals surface area contributed by atoms with Gasteiger partial charge in [-0.05, 0) is 42.5 Å². The summed E-state index contributed by atoms with van der Waals surface area (Å²) in [7, 11) is 0. The van der Waals surface area contributed by atoms with E-state index in [-0.39, 0.29) is 24.8 Å². The van der Waals surface area contributed by atoms with E-state index in [0.717, 1.165) is 41.6 Å². The lowest BCUT2D eigenvalue weighted by molar-refractivity contribution is 0.156. The minimum atomic E-state index is 0. The molecule has 3 rings (SSSR count). The molecule has 0 bridgehead atoms. The van der Waals surface area contributed by atoms with Gasteiger partial charge in [0.2, 0.25) is 0 Å². The second kappa shape index (κ2) is 8.21. The fraction of sp³-hybridized carbons (Fsp3) is 0.571. The summed E-state index contributed by atoms with van der Waals surface area (Å²) in [5, 5.41) is 4.33. The molecule has 0 amide bonds. The van der Waals surface area contributed by atoms with Gasteiger partial charge in [0, 0.05) is 41.7 Å². The fourth-order valence-electron chi connectivity index (χ4n) is 2.86. The van der Waals surface area contributed by atoms with Gasteiger partial charge in [-0.1, -0.05) is 27.5 Å².